The molecule has 0 amide bonds. The smallest absolute Gasteiger partial charge is 0.251 e. The van der Waals surface area contributed by atoms with Gasteiger partial charge in [0.05, 0.1) is 0 Å². The Balaban J connectivity index is 2.45. The summed E-state index contributed by atoms with van der Waals surface area (Å²) in [6.45, 7) is 6.20. The minimum atomic E-state index is -0.126. The topological polar surface area (TPSA) is 58.6 Å². The minimum Gasteiger partial charge on any atom is -0.305 e. The van der Waals surface area contributed by atoms with Crippen molar-refractivity contribution in [3.05, 3.63) is 46.0 Å². The third kappa shape index (κ3) is 3.03. The number of aryl methyl sites for hydroxylation is 1. The lowest BCUT2D eigenvalue weighted by molar-refractivity contribution is 0.633. The van der Waals surface area contributed by atoms with Crippen molar-refractivity contribution < 1.29 is 0 Å². The molecule has 0 saturated heterocycles. The Morgan fingerprint density at radius 3 is 2.78 bits per heavy atom. The van der Waals surface area contributed by atoms with E-state index < -0.39 is 0 Å². The summed E-state index contributed by atoms with van der Waals surface area (Å²) < 4.78 is 0. The van der Waals surface area contributed by atoms with Crippen molar-refractivity contribution in [3.8, 4) is 11.5 Å². The summed E-state index contributed by atoms with van der Waals surface area (Å²) in [6.07, 6.45) is 2.52. The molecule has 1 N–H and O–H groups in total. The first-order valence-corrected chi connectivity index (χ1v) is 6.08. The normalized spacial score (nSPS) is 10.9. The number of nitrogens with one attached hydrogen (secondary N) is 1. The first kappa shape index (κ1) is 12.5. The Bertz CT molecular complexity index is 602. The molecule has 0 spiro atoms. The highest BCUT2D eigenvalue weighted by atomic mass is 16.1. The SMILES string of the molecule is Cc1ccnc(-c2nc(CC(C)C)cc(=O)[nH]2)c1. The molecule has 4 heteroatoms. The van der Waals surface area contributed by atoms with E-state index in [0.717, 1.165) is 17.7 Å². The third-order valence-corrected chi connectivity index (χ3v) is 2.57. The molecule has 0 fully saturated rings. The molecule has 0 bridgehead atoms. The van der Waals surface area contributed by atoms with Gasteiger partial charge in [-0.1, -0.05) is 13.8 Å². The molecule has 0 aromatic carbocycles. The molecular formula is C14H17N3O. The summed E-state index contributed by atoms with van der Waals surface area (Å²) in [5.41, 5.74) is 2.49. The molecule has 0 aliphatic heterocycles. The van der Waals surface area contributed by atoms with Gasteiger partial charge < -0.3 is 4.98 Å². The Hall–Kier alpha value is -1.97. The maximum Gasteiger partial charge on any atom is 0.251 e. The minimum absolute atomic E-state index is 0.126. The van der Waals surface area contributed by atoms with Gasteiger partial charge in [-0.25, -0.2) is 4.98 Å². The van der Waals surface area contributed by atoms with Crippen molar-refractivity contribution in [2.24, 2.45) is 5.92 Å². The van der Waals surface area contributed by atoms with Gasteiger partial charge in [-0.15, -0.1) is 0 Å². The molecule has 94 valence electrons. The molecule has 0 aliphatic carbocycles. The zero-order chi connectivity index (χ0) is 13.1. The molecule has 2 rings (SSSR count). The second-order valence-electron chi connectivity index (χ2n) is 4.90. The van der Waals surface area contributed by atoms with E-state index in [9.17, 15) is 4.79 Å². The van der Waals surface area contributed by atoms with Gasteiger partial charge in [0, 0.05) is 18.0 Å². The fraction of sp³-hybridized carbons (Fsp3) is 0.357. The highest BCUT2D eigenvalue weighted by Gasteiger charge is 2.06. The first-order valence-electron chi connectivity index (χ1n) is 6.08. The maximum atomic E-state index is 11.6. The number of hydrogen-bond donors (Lipinski definition) is 1. The summed E-state index contributed by atoms with van der Waals surface area (Å²) in [5, 5.41) is 0. The van der Waals surface area contributed by atoms with Crippen molar-refractivity contribution >= 4 is 0 Å². The van der Waals surface area contributed by atoms with Crippen LogP contribution in [-0.4, -0.2) is 15.0 Å². The van der Waals surface area contributed by atoms with Crippen LogP contribution in [0.4, 0.5) is 0 Å². The van der Waals surface area contributed by atoms with E-state index in [1.807, 2.05) is 19.1 Å². The number of hydrogen-bond acceptors (Lipinski definition) is 3. The van der Waals surface area contributed by atoms with Crippen molar-refractivity contribution in [3.63, 3.8) is 0 Å². The molecule has 2 aromatic heterocycles. The molecule has 0 radical (unpaired) electrons. The summed E-state index contributed by atoms with van der Waals surface area (Å²) in [6, 6.07) is 5.39. The standard InChI is InChI=1S/C14H17N3O/c1-9(2)6-11-8-13(18)17-14(16-11)12-7-10(3)4-5-15-12/h4-5,7-9H,6H2,1-3H3,(H,16,17,18). The molecule has 0 atom stereocenters. The number of aromatic amines is 1. The predicted molar refractivity (Wildman–Crippen MR) is 71.4 cm³/mol. The van der Waals surface area contributed by atoms with Crippen LogP contribution in [0.2, 0.25) is 0 Å². The molecule has 0 unspecified atom stereocenters. The van der Waals surface area contributed by atoms with E-state index in [0.29, 0.717) is 17.4 Å². The van der Waals surface area contributed by atoms with Crippen molar-refractivity contribution in [1.82, 2.24) is 15.0 Å². The second-order valence-corrected chi connectivity index (χ2v) is 4.90. The summed E-state index contributed by atoms with van der Waals surface area (Å²) in [7, 11) is 0. The summed E-state index contributed by atoms with van der Waals surface area (Å²) >= 11 is 0. The maximum absolute atomic E-state index is 11.6. The number of pyridine rings is 1. The summed E-state index contributed by atoms with van der Waals surface area (Å²) in [4.78, 5) is 23.1. The van der Waals surface area contributed by atoms with Crippen LogP contribution in [0.1, 0.15) is 25.1 Å². The van der Waals surface area contributed by atoms with Gasteiger partial charge in [0.15, 0.2) is 5.82 Å². The number of rotatable bonds is 3. The average Bonchev–Trinajstić information content (AvgIpc) is 2.27. The van der Waals surface area contributed by atoms with Gasteiger partial charge in [-0.05, 0) is 37.0 Å². The molecule has 4 nitrogen and oxygen atoms in total. The molecule has 18 heavy (non-hydrogen) atoms. The fourth-order valence-electron chi connectivity index (χ4n) is 1.82. The lowest BCUT2D eigenvalue weighted by atomic mass is 10.1. The van der Waals surface area contributed by atoms with Crippen LogP contribution >= 0.6 is 0 Å². The van der Waals surface area contributed by atoms with Gasteiger partial charge in [0.2, 0.25) is 0 Å². The van der Waals surface area contributed by atoms with Gasteiger partial charge in [-0.2, -0.15) is 0 Å². The Kier molecular flexibility index (Phi) is 3.55. The highest BCUT2D eigenvalue weighted by molar-refractivity contribution is 5.49. The Morgan fingerprint density at radius 1 is 1.33 bits per heavy atom. The van der Waals surface area contributed by atoms with E-state index in [1.165, 1.54) is 0 Å². The van der Waals surface area contributed by atoms with Gasteiger partial charge in [0.25, 0.3) is 5.56 Å². The predicted octanol–water partition coefficient (Wildman–Crippen LogP) is 2.34. The third-order valence-electron chi connectivity index (χ3n) is 2.57. The molecule has 2 heterocycles. The number of aromatic nitrogens is 3. The van der Waals surface area contributed by atoms with E-state index in [1.54, 1.807) is 12.3 Å². The first-order chi connectivity index (χ1) is 8.54. The summed E-state index contributed by atoms with van der Waals surface area (Å²) in [5.74, 6) is 1.01. The Morgan fingerprint density at radius 2 is 2.11 bits per heavy atom. The van der Waals surface area contributed by atoms with Crippen LogP contribution in [0.15, 0.2) is 29.2 Å². The van der Waals surface area contributed by atoms with Crippen LogP contribution in [0.3, 0.4) is 0 Å². The van der Waals surface area contributed by atoms with Crippen LogP contribution in [0.25, 0.3) is 11.5 Å². The average molecular weight is 243 g/mol. The zero-order valence-corrected chi connectivity index (χ0v) is 10.9. The largest absolute Gasteiger partial charge is 0.305 e. The molecule has 2 aromatic rings. The van der Waals surface area contributed by atoms with Crippen molar-refractivity contribution in [1.29, 1.82) is 0 Å². The van der Waals surface area contributed by atoms with Gasteiger partial charge in [-0.3, -0.25) is 9.78 Å². The van der Waals surface area contributed by atoms with E-state index in [4.69, 9.17) is 0 Å². The second kappa shape index (κ2) is 5.12. The van der Waals surface area contributed by atoms with E-state index in [-0.39, 0.29) is 5.56 Å². The molecular weight excluding hydrogens is 226 g/mol. The van der Waals surface area contributed by atoms with Crippen molar-refractivity contribution in [2.45, 2.75) is 27.2 Å². The monoisotopic (exact) mass is 243 g/mol. The van der Waals surface area contributed by atoms with E-state index >= 15 is 0 Å². The van der Waals surface area contributed by atoms with Gasteiger partial charge >= 0.3 is 0 Å². The quantitative estimate of drug-likeness (QED) is 0.900. The molecule has 0 aliphatic rings. The fourth-order valence-corrected chi connectivity index (χ4v) is 1.82. The lowest BCUT2D eigenvalue weighted by Crippen LogP contribution is -2.12. The van der Waals surface area contributed by atoms with Crippen LogP contribution in [0.5, 0.6) is 0 Å². The van der Waals surface area contributed by atoms with Crippen LogP contribution in [-0.2, 0) is 6.42 Å². The Labute approximate surface area is 106 Å². The van der Waals surface area contributed by atoms with E-state index in [2.05, 4.69) is 28.8 Å². The lowest BCUT2D eigenvalue weighted by Gasteiger charge is -2.06. The number of nitrogens with zero attached hydrogens (tertiary/aromatic N) is 2. The molecule has 0 saturated carbocycles. The van der Waals surface area contributed by atoms with Crippen molar-refractivity contribution in [2.75, 3.05) is 0 Å². The van der Waals surface area contributed by atoms with Crippen LogP contribution < -0.4 is 5.56 Å². The van der Waals surface area contributed by atoms with Gasteiger partial charge in [0.1, 0.15) is 5.69 Å². The highest BCUT2D eigenvalue weighted by Crippen LogP contribution is 2.13. The zero-order valence-electron chi connectivity index (χ0n) is 10.9. The number of H-pyrrole nitrogens is 1. The van der Waals surface area contributed by atoms with Crippen LogP contribution in [0, 0.1) is 12.8 Å².